The summed E-state index contributed by atoms with van der Waals surface area (Å²) < 4.78 is 57.9. The molecule has 0 bridgehead atoms. The second kappa shape index (κ2) is 9.19. The number of nitrogens with two attached hydrogens (primary N) is 2. The van der Waals surface area contributed by atoms with Crippen molar-refractivity contribution in [3.8, 4) is 0 Å². The summed E-state index contributed by atoms with van der Waals surface area (Å²) in [6.45, 7) is 0.596. The number of anilines is 1. The van der Waals surface area contributed by atoms with E-state index in [1.54, 1.807) is 4.90 Å². The fraction of sp³-hybridized carbons (Fsp3) is 0.350. The molecule has 1 aliphatic rings. The fourth-order valence-electron chi connectivity index (χ4n) is 3.45. The molecule has 0 spiro atoms. The highest BCUT2D eigenvalue weighted by atomic mass is 19.4. The molecule has 31 heavy (non-hydrogen) atoms. The Kier molecular flexibility index (Phi) is 6.62. The minimum absolute atomic E-state index is 0.0744. The molecule has 1 aliphatic heterocycles. The average Bonchev–Trinajstić information content (AvgIpc) is 2.72. The Morgan fingerprint density at radius 1 is 1.16 bits per heavy atom. The molecule has 11 heteroatoms. The second-order valence-corrected chi connectivity index (χ2v) is 7.08. The van der Waals surface area contributed by atoms with E-state index in [4.69, 9.17) is 16.2 Å². The van der Waals surface area contributed by atoms with Crippen molar-refractivity contribution in [2.75, 3.05) is 18.0 Å². The number of hydrogen-bond acceptors (Lipinski definition) is 4. The molecule has 1 saturated heterocycles. The lowest BCUT2D eigenvalue weighted by molar-refractivity contribution is -0.137. The number of piperidine rings is 1. The molecule has 0 aliphatic carbocycles. The van der Waals surface area contributed by atoms with Gasteiger partial charge in [-0.3, -0.25) is 0 Å². The van der Waals surface area contributed by atoms with Crippen molar-refractivity contribution in [3.63, 3.8) is 0 Å². The van der Waals surface area contributed by atoms with Crippen LogP contribution in [0.25, 0.3) is 0 Å². The summed E-state index contributed by atoms with van der Waals surface area (Å²) >= 11 is 0. The predicted octanol–water partition coefficient (Wildman–Crippen LogP) is 3.53. The van der Waals surface area contributed by atoms with Gasteiger partial charge in [0.2, 0.25) is 0 Å². The van der Waals surface area contributed by atoms with E-state index in [1.165, 1.54) is 24.4 Å². The molecule has 7 nitrogen and oxygen atoms in total. The Morgan fingerprint density at radius 3 is 2.39 bits per heavy atom. The van der Waals surface area contributed by atoms with Crippen LogP contribution in [0.3, 0.4) is 0 Å². The third-order valence-corrected chi connectivity index (χ3v) is 5.03. The van der Waals surface area contributed by atoms with Crippen LogP contribution in [0.1, 0.15) is 35.4 Å². The van der Waals surface area contributed by atoms with E-state index in [2.05, 4.69) is 9.98 Å². The van der Waals surface area contributed by atoms with Crippen LogP contribution in [-0.4, -0.2) is 30.1 Å². The minimum atomic E-state index is -4.37. The standard InChI is InChI=1S/C20H21F4N5O2/c21-16-14(11-31-19(30)28-18(25)26)5-8-27-17(16)29-9-6-13(7-10-29)12-1-3-15(4-2-12)20(22,23)24/h1-5,8,13H,6-7,9-11H2,(H4,25,26,28,30). The number of aliphatic imine (C=N–C) groups is 1. The van der Waals surface area contributed by atoms with Crippen LogP contribution in [0.4, 0.5) is 28.2 Å². The Hall–Kier alpha value is -3.37. The van der Waals surface area contributed by atoms with Crippen LogP contribution < -0.4 is 16.4 Å². The van der Waals surface area contributed by atoms with Gasteiger partial charge in [0, 0.05) is 24.8 Å². The van der Waals surface area contributed by atoms with E-state index in [9.17, 15) is 22.4 Å². The maximum Gasteiger partial charge on any atom is 0.437 e. The van der Waals surface area contributed by atoms with Crippen molar-refractivity contribution in [2.24, 2.45) is 16.5 Å². The topological polar surface area (TPSA) is 107 Å². The van der Waals surface area contributed by atoms with E-state index in [0.29, 0.717) is 25.9 Å². The lowest BCUT2D eigenvalue weighted by Gasteiger charge is -2.33. The Bertz CT molecular complexity index is 951. The number of carbonyl (C=O) groups is 1. The number of carbonyl (C=O) groups excluding carboxylic acids is 1. The number of rotatable bonds is 4. The molecule has 1 amide bonds. The van der Waals surface area contributed by atoms with Gasteiger partial charge in [0.1, 0.15) is 6.61 Å². The third-order valence-electron chi connectivity index (χ3n) is 5.03. The van der Waals surface area contributed by atoms with Crippen LogP contribution in [-0.2, 0) is 17.5 Å². The average molecular weight is 439 g/mol. The van der Waals surface area contributed by atoms with Gasteiger partial charge in [-0.15, -0.1) is 4.99 Å². The summed E-state index contributed by atoms with van der Waals surface area (Å²) in [6.07, 6.45) is -2.72. The summed E-state index contributed by atoms with van der Waals surface area (Å²) in [4.78, 5) is 20.4. The van der Waals surface area contributed by atoms with Crippen molar-refractivity contribution >= 4 is 17.9 Å². The Morgan fingerprint density at radius 2 is 1.81 bits per heavy atom. The van der Waals surface area contributed by atoms with E-state index in [1.807, 2.05) is 0 Å². The second-order valence-electron chi connectivity index (χ2n) is 7.08. The van der Waals surface area contributed by atoms with Gasteiger partial charge < -0.3 is 21.1 Å². The fourth-order valence-corrected chi connectivity index (χ4v) is 3.45. The van der Waals surface area contributed by atoms with Crippen LogP contribution in [0, 0.1) is 5.82 Å². The van der Waals surface area contributed by atoms with Gasteiger partial charge in [-0.2, -0.15) is 13.2 Å². The smallest absolute Gasteiger partial charge is 0.437 e. The maximum atomic E-state index is 14.9. The maximum absolute atomic E-state index is 14.9. The molecule has 0 unspecified atom stereocenters. The zero-order valence-electron chi connectivity index (χ0n) is 16.4. The number of benzene rings is 1. The zero-order chi connectivity index (χ0) is 22.6. The first-order valence-electron chi connectivity index (χ1n) is 9.47. The zero-order valence-corrected chi connectivity index (χ0v) is 16.4. The molecule has 2 heterocycles. The predicted molar refractivity (Wildman–Crippen MR) is 106 cm³/mol. The SMILES string of the molecule is NC(N)=NC(=O)OCc1ccnc(N2CCC(c3ccc(C(F)(F)F)cc3)CC2)c1F. The van der Waals surface area contributed by atoms with E-state index in [-0.39, 0.29) is 23.9 Å². The lowest BCUT2D eigenvalue weighted by atomic mass is 9.89. The van der Waals surface area contributed by atoms with Crippen LogP contribution in [0.5, 0.6) is 0 Å². The van der Waals surface area contributed by atoms with Crippen molar-refractivity contribution in [2.45, 2.75) is 31.5 Å². The third kappa shape index (κ3) is 5.62. The summed E-state index contributed by atoms with van der Waals surface area (Å²) in [7, 11) is 0. The van der Waals surface area contributed by atoms with Crippen molar-refractivity contribution in [3.05, 3.63) is 59.0 Å². The number of alkyl halides is 3. The van der Waals surface area contributed by atoms with Gasteiger partial charge in [0.05, 0.1) is 5.56 Å². The number of guanidine groups is 1. The van der Waals surface area contributed by atoms with Gasteiger partial charge in [-0.25, -0.2) is 14.2 Å². The summed E-state index contributed by atoms with van der Waals surface area (Å²) in [5, 5.41) is 0. The number of nitrogens with zero attached hydrogens (tertiary/aromatic N) is 3. The molecule has 166 valence electrons. The Labute approximate surface area is 175 Å². The summed E-state index contributed by atoms with van der Waals surface area (Å²) in [5.74, 6) is -0.878. The summed E-state index contributed by atoms with van der Waals surface area (Å²) in [6, 6.07) is 6.53. The largest absolute Gasteiger partial charge is 0.443 e. The minimum Gasteiger partial charge on any atom is -0.443 e. The molecule has 0 saturated carbocycles. The highest BCUT2D eigenvalue weighted by Gasteiger charge is 2.31. The van der Waals surface area contributed by atoms with Crippen LogP contribution in [0.15, 0.2) is 41.5 Å². The Balaban J connectivity index is 1.63. The van der Waals surface area contributed by atoms with Gasteiger partial charge in [0.15, 0.2) is 17.6 Å². The van der Waals surface area contributed by atoms with Gasteiger partial charge in [-0.1, -0.05) is 12.1 Å². The van der Waals surface area contributed by atoms with Crippen molar-refractivity contribution in [1.82, 2.24) is 4.98 Å². The van der Waals surface area contributed by atoms with Crippen molar-refractivity contribution < 1.29 is 27.1 Å². The summed E-state index contributed by atoms with van der Waals surface area (Å²) in [5.41, 5.74) is 10.4. The van der Waals surface area contributed by atoms with Crippen LogP contribution >= 0.6 is 0 Å². The molecule has 0 radical (unpaired) electrons. The molecule has 2 aromatic rings. The van der Waals surface area contributed by atoms with E-state index in [0.717, 1.165) is 17.7 Å². The normalized spacial score (nSPS) is 14.9. The lowest BCUT2D eigenvalue weighted by Crippen LogP contribution is -2.34. The highest BCUT2D eigenvalue weighted by Crippen LogP contribution is 2.34. The number of pyridine rings is 1. The number of halogens is 4. The molecular weight excluding hydrogens is 418 g/mol. The van der Waals surface area contributed by atoms with Gasteiger partial charge in [-0.05, 0) is 42.5 Å². The first-order chi connectivity index (χ1) is 14.6. The molecule has 3 rings (SSSR count). The molecule has 4 N–H and O–H groups in total. The highest BCUT2D eigenvalue weighted by molar-refractivity contribution is 5.87. The molecule has 1 aromatic heterocycles. The number of amides is 1. The number of aromatic nitrogens is 1. The van der Waals surface area contributed by atoms with Gasteiger partial charge in [0.25, 0.3) is 0 Å². The van der Waals surface area contributed by atoms with E-state index >= 15 is 0 Å². The van der Waals surface area contributed by atoms with Gasteiger partial charge >= 0.3 is 12.3 Å². The molecule has 1 fully saturated rings. The molecular formula is C20H21F4N5O2. The first kappa shape index (κ1) is 22.3. The van der Waals surface area contributed by atoms with Crippen molar-refractivity contribution in [1.29, 1.82) is 0 Å². The first-order valence-corrected chi connectivity index (χ1v) is 9.47. The number of hydrogen-bond donors (Lipinski definition) is 2. The molecule has 1 aromatic carbocycles. The number of ether oxygens (including phenoxy) is 1. The molecule has 0 atom stereocenters. The monoisotopic (exact) mass is 439 g/mol. The van der Waals surface area contributed by atoms with Crippen LogP contribution in [0.2, 0.25) is 0 Å². The van der Waals surface area contributed by atoms with E-state index < -0.39 is 29.6 Å². The quantitative estimate of drug-likeness (QED) is 0.429.